The molecule has 0 spiro atoms. The molecule has 0 saturated carbocycles. The lowest BCUT2D eigenvalue weighted by Crippen LogP contribution is -2.40. The Kier molecular flexibility index (Phi) is 1.91. The van der Waals surface area contributed by atoms with E-state index in [4.69, 9.17) is 9.47 Å². The molecule has 2 bridgehead atoms. The molecule has 2 nitrogen and oxygen atoms in total. The first-order chi connectivity index (χ1) is 7.90. The van der Waals surface area contributed by atoms with E-state index in [9.17, 15) is 0 Å². The zero-order chi connectivity index (χ0) is 10.5. The summed E-state index contributed by atoms with van der Waals surface area (Å²) in [6, 6.07) is 8.86. The van der Waals surface area contributed by atoms with E-state index < -0.39 is 0 Å². The molecule has 3 aliphatic rings. The molecule has 4 rings (SSSR count). The van der Waals surface area contributed by atoms with Crippen LogP contribution in [0.25, 0.3) is 0 Å². The van der Waals surface area contributed by atoms with Gasteiger partial charge in [0, 0.05) is 6.42 Å². The zero-order valence-corrected chi connectivity index (χ0v) is 9.26. The van der Waals surface area contributed by atoms with E-state index >= 15 is 0 Å². The quantitative estimate of drug-likeness (QED) is 0.661. The lowest BCUT2D eigenvalue weighted by Gasteiger charge is -2.39. The Morgan fingerprint density at radius 2 is 1.88 bits per heavy atom. The third-order valence-electron chi connectivity index (χ3n) is 4.41. The van der Waals surface area contributed by atoms with Gasteiger partial charge >= 0.3 is 0 Å². The van der Waals surface area contributed by atoms with Crippen LogP contribution in [0.4, 0.5) is 0 Å². The van der Waals surface area contributed by atoms with Gasteiger partial charge in [-0.2, -0.15) is 0 Å². The molecule has 84 valence electrons. The molecular formula is C14H16O2. The van der Waals surface area contributed by atoms with Gasteiger partial charge in [-0.3, -0.25) is 0 Å². The van der Waals surface area contributed by atoms with Crippen LogP contribution in [0.15, 0.2) is 24.3 Å². The number of fused-ring (bicyclic) bond motifs is 5. The van der Waals surface area contributed by atoms with Gasteiger partial charge in [0.05, 0.1) is 12.7 Å². The normalized spacial score (nSPS) is 40.2. The Morgan fingerprint density at radius 1 is 1.06 bits per heavy atom. The summed E-state index contributed by atoms with van der Waals surface area (Å²) in [7, 11) is 0. The van der Waals surface area contributed by atoms with Crippen LogP contribution in [0.2, 0.25) is 0 Å². The highest BCUT2D eigenvalue weighted by Gasteiger charge is 2.45. The molecule has 2 aliphatic heterocycles. The van der Waals surface area contributed by atoms with Crippen LogP contribution in [-0.2, 0) is 22.3 Å². The molecule has 2 saturated heterocycles. The third-order valence-corrected chi connectivity index (χ3v) is 4.41. The lowest BCUT2D eigenvalue weighted by molar-refractivity contribution is -0.121. The van der Waals surface area contributed by atoms with Crippen molar-refractivity contribution in [1.82, 2.24) is 0 Å². The average Bonchev–Trinajstić information content (AvgIpc) is 2.71. The maximum Gasteiger partial charge on any atom is 0.158 e. The van der Waals surface area contributed by atoms with Gasteiger partial charge in [0.15, 0.2) is 6.29 Å². The topological polar surface area (TPSA) is 18.5 Å². The molecule has 0 radical (unpaired) electrons. The molecule has 0 aromatic heterocycles. The largest absolute Gasteiger partial charge is 0.350 e. The van der Waals surface area contributed by atoms with E-state index in [2.05, 4.69) is 24.3 Å². The molecule has 2 heterocycles. The summed E-state index contributed by atoms with van der Waals surface area (Å²) in [5.41, 5.74) is 3.07. The van der Waals surface area contributed by atoms with Crippen LogP contribution < -0.4 is 0 Å². The van der Waals surface area contributed by atoms with Crippen LogP contribution in [0.5, 0.6) is 0 Å². The van der Waals surface area contributed by atoms with Crippen LogP contribution in [0.3, 0.4) is 0 Å². The number of hydrogen-bond acceptors (Lipinski definition) is 2. The fraction of sp³-hybridized carbons (Fsp3) is 0.571. The monoisotopic (exact) mass is 216 g/mol. The van der Waals surface area contributed by atoms with E-state index in [1.54, 1.807) is 5.56 Å². The number of hydrogen-bond donors (Lipinski definition) is 0. The van der Waals surface area contributed by atoms with Gasteiger partial charge < -0.3 is 9.47 Å². The van der Waals surface area contributed by atoms with Gasteiger partial charge in [-0.1, -0.05) is 24.3 Å². The molecule has 2 fully saturated rings. The van der Waals surface area contributed by atoms with Gasteiger partial charge in [0.1, 0.15) is 0 Å². The molecule has 4 atom stereocenters. The maximum atomic E-state index is 5.86. The van der Waals surface area contributed by atoms with E-state index in [0.717, 1.165) is 18.9 Å². The van der Waals surface area contributed by atoms with E-state index in [1.807, 2.05) is 0 Å². The smallest absolute Gasteiger partial charge is 0.158 e. The molecule has 1 aromatic carbocycles. The van der Waals surface area contributed by atoms with Crippen molar-refractivity contribution < 1.29 is 9.47 Å². The fourth-order valence-corrected chi connectivity index (χ4v) is 3.57. The third kappa shape index (κ3) is 1.26. The molecule has 0 amide bonds. The maximum absolute atomic E-state index is 5.86. The molecule has 0 unspecified atom stereocenters. The number of benzene rings is 1. The molecule has 2 heteroatoms. The van der Waals surface area contributed by atoms with Crippen LogP contribution in [-0.4, -0.2) is 19.0 Å². The summed E-state index contributed by atoms with van der Waals surface area (Å²) in [6.45, 7) is 0.813. The minimum Gasteiger partial charge on any atom is -0.350 e. The Hall–Kier alpha value is -0.860. The van der Waals surface area contributed by atoms with Crippen molar-refractivity contribution in [2.45, 2.75) is 31.7 Å². The molecule has 1 aromatic rings. The van der Waals surface area contributed by atoms with Gasteiger partial charge in [-0.05, 0) is 35.8 Å². The first kappa shape index (κ1) is 9.20. The molecular weight excluding hydrogens is 200 g/mol. The zero-order valence-electron chi connectivity index (χ0n) is 9.26. The highest BCUT2D eigenvalue weighted by Crippen LogP contribution is 2.43. The van der Waals surface area contributed by atoms with Crippen molar-refractivity contribution in [1.29, 1.82) is 0 Å². The van der Waals surface area contributed by atoms with E-state index in [-0.39, 0.29) is 6.29 Å². The Morgan fingerprint density at radius 3 is 2.75 bits per heavy atom. The van der Waals surface area contributed by atoms with Gasteiger partial charge in [0.25, 0.3) is 0 Å². The highest BCUT2D eigenvalue weighted by molar-refractivity contribution is 5.31. The van der Waals surface area contributed by atoms with Crippen molar-refractivity contribution in [2.24, 2.45) is 11.8 Å². The Labute approximate surface area is 95.6 Å². The highest BCUT2D eigenvalue weighted by atomic mass is 16.7. The number of ether oxygens (including phenoxy) is 2. The minimum absolute atomic E-state index is 0.0940. The first-order valence-corrected chi connectivity index (χ1v) is 6.24. The summed E-state index contributed by atoms with van der Waals surface area (Å²) >= 11 is 0. The van der Waals surface area contributed by atoms with Crippen molar-refractivity contribution in [2.75, 3.05) is 6.61 Å². The molecule has 16 heavy (non-hydrogen) atoms. The minimum atomic E-state index is 0.0940. The molecule has 0 N–H and O–H groups in total. The summed E-state index contributed by atoms with van der Waals surface area (Å²) in [4.78, 5) is 0. The SMILES string of the molecule is c1ccc2c(c1)C[C@H]1C[C@H]3OC[C@@H](O3)[C@H]1C2. The predicted molar refractivity (Wildman–Crippen MR) is 60.1 cm³/mol. The summed E-state index contributed by atoms with van der Waals surface area (Å²) < 4.78 is 11.5. The average molecular weight is 216 g/mol. The lowest BCUT2D eigenvalue weighted by atomic mass is 9.71. The van der Waals surface area contributed by atoms with Gasteiger partial charge in [0.2, 0.25) is 0 Å². The second kappa shape index (κ2) is 3.31. The first-order valence-electron chi connectivity index (χ1n) is 6.24. The Balaban J connectivity index is 1.70. The van der Waals surface area contributed by atoms with Crippen molar-refractivity contribution >= 4 is 0 Å². The fourth-order valence-electron chi connectivity index (χ4n) is 3.57. The van der Waals surface area contributed by atoms with Crippen LogP contribution in [0.1, 0.15) is 17.5 Å². The summed E-state index contributed by atoms with van der Waals surface area (Å²) in [6.07, 6.45) is 3.95. The van der Waals surface area contributed by atoms with Crippen LogP contribution >= 0.6 is 0 Å². The van der Waals surface area contributed by atoms with Crippen molar-refractivity contribution in [3.8, 4) is 0 Å². The van der Waals surface area contributed by atoms with E-state index in [0.29, 0.717) is 12.0 Å². The van der Waals surface area contributed by atoms with Crippen molar-refractivity contribution in [3.05, 3.63) is 35.4 Å². The van der Waals surface area contributed by atoms with E-state index in [1.165, 1.54) is 18.4 Å². The van der Waals surface area contributed by atoms with Gasteiger partial charge in [-0.15, -0.1) is 0 Å². The second-order valence-electron chi connectivity index (χ2n) is 5.27. The number of rotatable bonds is 0. The summed E-state index contributed by atoms with van der Waals surface area (Å²) in [5, 5.41) is 0. The second-order valence-corrected chi connectivity index (χ2v) is 5.27. The Bertz CT molecular complexity index is 415. The van der Waals surface area contributed by atoms with Crippen LogP contribution in [0, 0.1) is 11.8 Å². The summed E-state index contributed by atoms with van der Waals surface area (Å²) in [5.74, 6) is 1.47. The van der Waals surface area contributed by atoms with Crippen molar-refractivity contribution in [3.63, 3.8) is 0 Å². The van der Waals surface area contributed by atoms with Gasteiger partial charge in [-0.25, -0.2) is 0 Å². The molecule has 1 aliphatic carbocycles. The predicted octanol–water partition coefficient (Wildman–Crippen LogP) is 2.16. The standard InChI is InChI=1S/C14H16O2/c1-2-4-10-6-12-11(5-9(10)3-1)7-14-15-8-13(12)16-14/h1-4,11-14H,5-8H2/t11-,12-,13+,14-/m0/s1.